The average molecular weight is 295 g/mol. The first kappa shape index (κ1) is 15.2. The lowest BCUT2D eigenvalue weighted by atomic mass is 10.0. The van der Waals surface area contributed by atoms with Crippen molar-refractivity contribution in [3.05, 3.63) is 29.8 Å². The molecule has 0 atom stereocenters. The maximum Gasteiger partial charge on any atom is 0.243 e. The molecule has 0 aliphatic carbocycles. The summed E-state index contributed by atoms with van der Waals surface area (Å²) in [6, 6.07) is 7.10. The average Bonchev–Trinajstić information content (AvgIpc) is 2.47. The number of benzene rings is 1. The zero-order chi connectivity index (χ0) is 14.8. The van der Waals surface area contributed by atoms with E-state index >= 15 is 0 Å². The summed E-state index contributed by atoms with van der Waals surface area (Å²) in [5, 5.41) is 0. The van der Waals surface area contributed by atoms with Crippen molar-refractivity contribution in [2.45, 2.75) is 37.5 Å². The van der Waals surface area contributed by atoms with E-state index in [-0.39, 0.29) is 5.92 Å². The summed E-state index contributed by atoms with van der Waals surface area (Å²) in [5.74, 6) is 0.389. The summed E-state index contributed by atoms with van der Waals surface area (Å²) in [6.45, 7) is 5.01. The van der Waals surface area contributed by atoms with Gasteiger partial charge in [0.15, 0.2) is 0 Å². The third-order valence-electron chi connectivity index (χ3n) is 3.88. The minimum atomic E-state index is -3.42. The molecule has 0 N–H and O–H groups in total. The number of aldehydes is 1. The lowest BCUT2D eigenvalue weighted by molar-refractivity contribution is -0.112. The van der Waals surface area contributed by atoms with E-state index in [4.69, 9.17) is 0 Å². The zero-order valence-corrected chi connectivity index (χ0v) is 12.8. The second-order valence-corrected chi connectivity index (χ2v) is 7.54. The topological polar surface area (TPSA) is 54.5 Å². The molecule has 4 nitrogen and oxygen atoms in total. The Labute approximate surface area is 120 Å². The normalized spacial score (nSPS) is 18.4. The maximum atomic E-state index is 12.5. The summed E-state index contributed by atoms with van der Waals surface area (Å²) in [6.07, 6.45) is 2.17. The van der Waals surface area contributed by atoms with E-state index in [0.29, 0.717) is 36.7 Å². The molecular formula is C15H21NO3S. The van der Waals surface area contributed by atoms with Crippen LogP contribution in [0.1, 0.15) is 38.2 Å². The molecule has 0 unspecified atom stereocenters. The van der Waals surface area contributed by atoms with E-state index in [1.807, 2.05) is 12.1 Å². The number of hydrogen-bond acceptors (Lipinski definition) is 3. The molecule has 1 aromatic rings. The van der Waals surface area contributed by atoms with Crippen LogP contribution in [-0.2, 0) is 14.8 Å². The fraction of sp³-hybridized carbons (Fsp3) is 0.533. The Morgan fingerprint density at radius 3 is 2.15 bits per heavy atom. The quantitative estimate of drug-likeness (QED) is 0.802. The van der Waals surface area contributed by atoms with E-state index < -0.39 is 10.0 Å². The van der Waals surface area contributed by atoms with Crippen LogP contribution in [0.15, 0.2) is 29.2 Å². The highest BCUT2D eigenvalue weighted by molar-refractivity contribution is 7.89. The van der Waals surface area contributed by atoms with Crippen LogP contribution < -0.4 is 0 Å². The minimum absolute atomic E-state index is 0.00441. The third-order valence-corrected chi connectivity index (χ3v) is 5.79. The predicted octanol–water partition coefficient (Wildman–Crippen LogP) is 2.41. The van der Waals surface area contributed by atoms with Gasteiger partial charge in [-0.15, -0.1) is 0 Å². The van der Waals surface area contributed by atoms with Crippen molar-refractivity contribution in [3.63, 3.8) is 0 Å². The Morgan fingerprint density at radius 1 is 1.15 bits per heavy atom. The van der Waals surface area contributed by atoms with Gasteiger partial charge >= 0.3 is 0 Å². The first-order valence-electron chi connectivity index (χ1n) is 7.00. The Bertz CT molecular complexity index is 555. The van der Waals surface area contributed by atoms with Crippen LogP contribution in [0.2, 0.25) is 0 Å². The van der Waals surface area contributed by atoms with E-state index in [1.165, 1.54) is 4.31 Å². The van der Waals surface area contributed by atoms with Gasteiger partial charge in [0.25, 0.3) is 0 Å². The lowest BCUT2D eigenvalue weighted by Gasteiger charge is -2.28. The molecule has 1 aliphatic heterocycles. The van der Waals surface area contributed by atoms with Gasteiger partial charge in [0, 0.05) is 19.0 Å². The highest BCUT2D eigenvalue weighted by Gasteiger charge is 2.29. The molecule has 0 aromatic heterocycles. The molecule has 5 heteroatoms. The molecule has 20 heavy (non-hydrogen) atoms. The van der Waals surface area contributed by atoms with Gasteiger partial charge in [-0.1, -0.05) is 26.0 Å². The van der Waals surface area contributed by atoms with Crippen LogP contribution in [0.5, 0.6) is 0 Å². The summed E-state index contributed by atoms with van der Waals surface area (Å²) < 4.78 is 26.5. The first-order chi connectivity index (χ1) is 9.45. The number of nitrogens with zero attached hydrogens (tertiary/aromatic N) is 1. The zero-order valence-electron chi connectivity index (χ0n) is 12.0. The minimum Gasteiger partial charge on any atom is -0.303 e. The van der Waals surface area contributed by atoms with Crippen molar-refractivity contribution in [2.24, 2.45) is 5.92 Å². The Hall–Kier alpha value is -1.20. The van der Waals surface area contributed by atoms with Crippen LogP contribution in [-0.4, -0.2) is 32.1 Å². The smallest absolute Gasteiger partial charge is 0.243 e. The number of sulfonamides is 1. The molecule has 1 aromatic carbocycles. The molecule has 1 saturated heterocycles. The van der Waals surface area contributed by atoms with Crippen LogP contribution in [0.4, 0.5) is 0 Å². The molecule has 0 saturated carbocycles. The molecule has 0 radical (unpaired) electrons. The van der Waals surface area contributed by atoms with Gasteiger partial charge in [-0.2, -0.15) is 4.31 Å². The fourth-order valence-electron chi connectivity index (χ4n) is 2.43. The van der Waals surface area contributed by atoms with Crippen LogP contribution in [0, 0.1) is 5.92 Å². The van der Waals surface area contributed by atoms with Crippen molar-refractivity contribution in [1.29, 1.82) is 0 Å². The van der Waals surface area contributed by atoms with Crippen molar-refractivity contribution in [3.8, 4) is 0 Å². The van der Waals surface area contributed by atoms with E-state index in [0.717, 1.165) is 11.8 Å². The van der Waals surface area contributed by atoms with E-state index in [2.05, 4.69) is 13.8 Å². The summed E-state index contributed by atoms with van der Waals surface area (Å²) >= 11 is 0. The van der Waals surface area contributed by atoms with Crippen molar-refractivity contribution in [2.75, 3.05) is 13.1 Å². The number of rotatable bonds is 4. The molecular weight excluding hydrogens is 274 g/mol. The van der Waals surface area contributed by atoms with Crippen molar-refractivity contribution >= 4 is 16.3 Å². The summed E-state index contributed by atoms with van der Waals surface area (Å²) in [5.41, 5.74) is 1.13. The molecule has 110 valence electrons. The molecule has 2 rings (SSSR count). The molecule has 0 bridgehead atoms. The SMILES string of the molecule is CC(C)c1ccc(S(=O)(=O)N2CCC(C=O)CC2)cc1. The standard InChI is InChI=1S/C15H21NO3S/c1-12(2)14-3-5-15(6-4-14)20(18,19)16-9-7-13(11-17)8-10-16/h3-6,11-13H,7-10H2,1-2H3. The molecule has 1 heterocycles. The lowest BCUT2D eigenvalue weighted by Crippen LogP contribution is -2.38. The van der Waals surface area contributed by atoms with Crippen molar-refractivity contribution < 1.29 is 13.2 Å². The number of piperidine rings is 1. The largest absolute Gasteiger partial charge is 0.303 e. The Morgan fingerprint density at radius 2 is 1.70 bits per heavy atom. The highest BCUT2D eigenvalue weighted by Crippen LogP contribution is 2.24. The third kappa shape index (κ3) is 3.10. The first-order valence-corrected chi connectivity index (χ1v) is 8.44. The Kier molecular flexibility index (Phi) is 4.60. The fourth-order valence-corrected chi connectivity index (χ4v) is 3.90. The number of hydrogen-bond donors (Lipinski definition) is 0. The van der Waals surface area contributed by atoms with Gasteiger partial charge in [-0.05, 0) is 36.5 Å². The second kappa shape index (κ2) is 6.06. The molecule has 0 amide bonds. The molecule has 1 fully saturated rings. The highest BCUT2D eigenvalue weighted by atomic mass is 32.2. The van der Waals surface area contributed by atoms with Gasteiger partial charge in [-0.25, -0.2) is 8.42 Å². The van der Waals surface area contributed by atoms with Crippen molar-refractivity contribution in [1.82, 2.24) is 4.31 Å². The van der Waals surface area contributed by atoms with Gasteiger partial charge in [0.05, 0.1) is 4.90 Å². The van der Waals surface area contributed by atoms with Gasteiger partial charge in [0.1, 0.15) is 6.29 Å². The maximum absolute atomic E-state index is 12.5. The van der Waals surface area contributed by atoms with Gasteiger partial charge in [-0.3, -0.25) is 0 Å². The van der Waals surface area contributed by atoms with E-state index in [9.17, 15) is 13.2 Å². The van der Waals surface area contributed by atoms with Crippen LogP contribution in [0.3, 0.4) is 0 Å². The van der Waals surface area contributed by atoms with E-state index in [1.54, 1.807) is 12.1 Å². The summed E-state index contributed by atoms with van der Waals surface area (Å²) in [7, 11) is -3.42. The summed E-state index contributed by atoms with van der Waals surface area (Å²) in [4.78, 5) is 11.1. The van der Waals surface area contributed by atoms with Gasteiger partial charge < -0.3 is 4.79 Å². The Balaban J connectivity index is 2.16. The number of carbonyl (C=O) groups excluding carboxylic acids is 1. The molecule has 0 spiro atoms. The second-order valence-electron chi connectivity index (χ2n) is 5.60. The number of carbonyl (C=O) groups is 1. The van der Waals surface area contributed by atoms with Crippen LogP contribution >= 0.6 is 0 Å². The van der Waals surface area contributed by atoms with Crippen LogP contribution in [0.25, 0.3) is 0 Å². The predicted molar refractivity (Wildman–Crippen MR) is 78.1 cm³/mol. The molecule has 1 aliphatic rings. The van der Waals surface area contributed by atoms with Gasteiger partial charge in [0.2, 0.25) is 10.0 Å². The monoisotopic (exact) mass is 295 g/mol.